The summed E-state index contributed by atoms with van der Waals surface area (Å²) >= 11 is 0. The Bertz CT molecular complexity index is 298. The summed E-state index contributed by atoms with van der Waals surface area (Å²) < 4.78 is 0. The maximum Gasteiger partial charge on any atom is 0.120 e. The lowest BCUT2D eigenvalue weighted by molar-refractivity contribution is 0.568. The Balaban J connectivity index is 4.44. The zero-order chi connectivity index (χ0) is 13.0. The van der Waals surface area contributed by atoms with Crippen molar-refractivity contribution in [2.24, 2.45) is 0 Å². The van der Waals surface area contributed by atoms with Gasteiger partial charge < -0.3 is 0 Å². The highest BCUT2D eigenvalue weighted by Gasteiger charge is 2.17. The van der Waals surface area contributed by atoms with Crippen LogP contribution in [0.4, 0.5) is 0 Å². The van der Waals surface area contributed by atoms with Crippen molar-refractivity contribution in [3.63, 3.8) is 0 Å². The Labute approximate surface area is 105 Å². The molecule has 0 bridgehead atoms. The topological polar surface area (TPSA) is 34.1 Å². The monoisotopic (exact) mass is 256 g/mol. The van der Waals surface area contributed by atoms with Gasteiger partial charge in [-0.15, -0.1) is 0 Å². The Morgan fingerprint density at radius 1 is 0.941 bits per heavy atom. The molecule has 0 aliphatic carbocycles. The van der Waals surface area contributed by atoms with Gasteiger partial charge in [0.25, 0.3) is 0 Å². The number of allylic oxidation sites excluding steroid dienone is 1. The van der Waals surface area contributed by atoms with Crippen molar-refractivity contribution in [3.05, 3.63) is 6.08 Å². The van der Waals surface area contributed by atoms with Crippen LogP contribution in [-0.2, 0) is 9.59 Å². The fraction of sp³-hybridized carbons (Fsp3) is 0.786. The quantitative estimate of drug-likeness (QED) is 0.338. The molecule has 0 aromatic carbocycles. The highest BCUT2D eigenvalue weighted by molar-refractivity contribution is 7.74. The summed E-state index contributed by atoms with van der Waals surface area (Å²) in [5.74, 6) is 1.80. The number of hydrogen-bond acceptors (Lipinski definition) is 2. The predicted octanol–water partition coefficient (Wildman–Crippen LogP) is 3.84. The van der Waals surface area contributed by atoms with Crippen molar-refractivity contribution < 1.29 is 9.59 Å². The van der Waals surface area contributed by atoms with Crippen LogP contribution < -0.4 is 0 Å². The van der Waals surface area contributed by atoms with E-state index in [0.29, 0.717) is 0 Å². The van der Waals surface area contributed by atoms with E-state index in [1.807, 2.05) is 0 Å². The van der Waals surface area contributed by atoms with Crippen LogP contribution in [0.3, 0.4) is 0 Å². The Hall–Kier alpha value is -0.540. The van der Waals surface area contributed by atoms with Gasteiger partial charge in [-0.2, -0.15) is 0 Å². The van der Waals surface area contributed by atoms with E-state index in [1.165, 1.54) is 6.08 Å². The molecule has 0 atom stereocenters. The summed E-state index contributed by atoms with van der Waals surface area (Å²) in [5, 5.41) is 0. The molecule has 0 saturated heterocycles. The second kappa shape index (κ2) is 10.6. The first-order chi connectivity index (χ1) is 8.24. The molecule has 0 aliphatic rings. The standard InChI is InChI=1S/C14H25O2P/c1-3-5-11-17(14-16,12-6-4-2)13-9-7-8-10-15/h8H,3-7,9,11-13H2,1-2H3. The lowest BCUT2D eigenvalue weighted by atomic mass is 10.3. The molecule has 17 heavy (non-hydrogen) atoms. The molecule has 0 amide bonds. The van der Waals surface area contributed by atoms with Gasteiger partial charge in [0.1, 0.15) is 11.6 Å². The second-order valence-corrected chi connectivity index (χ2v) is 8.39. The Morgan fingerprint density at radius 3 is 1.88 bits per heavy atom. The van der Waals surface area contributed by atoms with Crippen LogP contribution in [0.1, 0.15) is 52.4 Å². The summed E-state index contributed by atoms with van der Waals surface area (Å²) in [6, 6.07) is 0. The van der Waals surface area contributed by atoms with E-state index in [9.17, 15) is 9.59 Å². The summed E-state index contributed by atoms with van der Waals surface area (Å²) in [5.41, 5.74) is 2.41. The molecule has 0 unspecified atom stereocenters. The van der Waals surface area contributed by atoms with Gasteiger partial charge in [0.2, 0.25) is 0 Å². The first-order valence-electron chi connectivity index (χ1n) is 6.69. The maximum absolute atomic E-state index is 11.3. The van der Waals surface area contributed by atoms with Crippen molar-refractivity contribution in [1.82, 2.24) is 0 Å². The van der Waals surface area contributed by atoms with Crippen LogP contribution >= 0.6 is 6.89 Å². The molecule has 0 aromatic rings. The minimum atomic E-state index is -1.51. The minimum absolute atomic E-state index is 0.755. The molecule has 0 spiro atoms. The van der Waals surface area contributed by atoms with Crippen LogP contribution in [0.5, 0.6) is 0 Å². The van der Waals surface area contributed by atoms with Crippen LogP contribution in [-0.4, -0.2) is 30.1 Å². The first kappa shape index (κ1) is 16.5. The van der Waals surface area contributed by atoms with E-state index in [4.69, 9.17) is 0 Å². The lowest BCUT2D eigenvalue weighted by Crippen LogP contribution is -2.02. The van der Waals surface area contributed by atoms with Crippen molar-refractivity contribution in [1.29, 1.82) is 0 Å². The predicted molar refractivity (Wildman–Crippen MR) is 76.5 cm³/mol. The molecule has 3 heteroatoms. The third-order valence-electron chi connectivity index (χ3n) is 3.09. The highest BCUT2D eigenvalue weighted by Crippen LogP contribution is 2.48. The second-order valence-electron chi connectivity index (χ2n) is 4.58. The van der Waals surface area contributed by atoms with E-state index in [2.05, 4.69) is 19.5 Å². The normalized spacial score (nSPS) is 10.7. The molecule has 0 N–H and O–H groups in total. The number of hydrogen-bond donors (Lipinski definition) is 0. The lowest BCUT2D eigenvalue weighted by Gasteiger charge is -2.21. The van der Waals surface area contributed by atoms with Crippen molar-refractivity contribution in [3.8, 4) is 0 Å². The third-order valence-corrected chi connectivity index (χ3v) is 7.00. The van der Waals surface area contributed by atoms with Crippen molar-refractivity contribution >= 4 is 18.5 Å². The fourth-order valence-electron chi connectivity index (χ4n) is 1.95. The molecule has 0 aromatic heterocycles. The van der Waals surface area contributed by atoms with Crippen LogP contribution in [0.15, 0.2) is 6.08 Å². The van der Waals surface area contributed by atoms with Crippen molar-refractivity contribution in [2.75, 3.05) is 18.5 Å². The Kier molecular flexibility index (Phi) is 10.3. The van der Waals surface area contributed by atoms with Gasteiger partial charge in [-0.1, -0.05) is 26.7 Å². The van der Waals surface area contributed by atoms with E-state index in [-0.39, 0.29) is 0 Å². The molecule has 0 heterocycles. The average Bonchev–Trinajstić information content (AvgIpc) is 2.37. The van der Waals surface area contributed by atoms with Gasteiger partial charge in [-0.3, -0.25) is 0 Å². The molecular formula is C14H25O2P. The van der Waals surface area contributed by atoms with E-state index in [0.717, 1.165) is 57.0 Å². The van der Waals surface area contributed by atoms with Gasteiger partial charge >= 0.3 is 0 Å². The fourth-order valence-corrected chi connectivity index (χ4v) is 5.52. The highest BCUT2D eigenvalue weighted by atomic mass is 31.2. The number of unbranched alkanes of at least 4 members (excludes halogenated alkanes) is 3. The molecular weight excluding hydrogens is 231 g/mol. The zero-order valence-corrected chi connectivity index (χ0v) is 12.1. The summed E-state index contributed by atoms with van der Waals surface area (Å²) in [4.78, 5) is 21.4. The summed E-state index contributed by atoms with van der Waals surface area (Å²) in [7, 11) is 0. The molecule has 0 fully saturated rings. The average molecular weight is 256 g/mol. The van der Waals surface area contributed by atoms with E-state index < -0.39 is 6.89 Å². The Morgan fingerprint density at radius 2 is 1.47 bits per heavy atom. The van der Waals surface area contributed by atoms with Crippen LogP contribution in [0.25, 0.3) is 0 Å². The van der Waals surface area contributed by atoms with Gasteiger partial charge in [0.15, 0.2) is 0 Å². The van der Waals surface area contributed by atoms with Gasteiger partial charge in [-0.25, -0.2) is 9.59 Å². The van der Waals surface area contributed by atoms with Gasteiger partial charge in [-0.05, 0) is 57.1 Å². The summed E-state index contributed by atoms with van der Waals surface area (Å²) in [6.07, 6.45) is 10.8. The third kappa shape index (κ3) is 7.40. The van der Waals surface area contributed by atoms with E-state index in [1.54, 1.807) is 5.94 Å². The molecule has 2 nitrogen and oxygen atoms in total. The van der Waals surface area contributed by atoms with Crippen molar-refractivity contribution in [2.45, 2.75) is 52.4 Å². The molecule has 98 valence electrons. The molecule has 0 radical (unpaired) electrons. The first-order valence-corrected chi connectivity index (χ1v) is 9.04. The van der Waals surface area contributed by atoms with E-state index >= 15 is 0 Å². The minimum Gasteiger partial charge on any atom is -0.234 e. The van der Waals surface area contributed by atoms with Crippen LogP contribution in [0.2, 0.25) is 0 Å². The SMILES string of the molecule is CCCCP(=C=O)(CCCC)CCCC=C=O. The summed E-state index contributed by atoms with van der Waals surface area (Å²) in [6.45, 7) is 2.82. The number of carbonyl (C=O) groups excluding carboxylic acids is 2. The molecule has 0 aliphatic heterocycles. The van der Waals surface area contributed by atoms with Gasteiger partial charge in [0, 0.05) is 0 Å². The maximum atomic E-state index is 11.3. The van der Waals surface area contributed by atoms with Crippen LogP contribution in [0, 0.1) is 0 Å². The smallest absolute Gasteiger partial charge is 0.120 e. The molecule has 0 rings (SSSR count). The zero-order valence-electron chi connectivity index (χ0n) is 11.2. The largest absolute Gasteiger partial charge is 0.234 e. The molecule has 0 saturated carbocycles. The van der Waals surface area contributed by atoms with Gasteiger partial charge in [0.05, 0.1) is 0 Å². The number of rotatable bonds is 10.